The first-order valence-electron chi connectivity index (χ1n) is 6.81. The topological polar surface area (TPSA) is 57.6 Å². The summed E-state index contributed by atoms with van der Waals surface area (Å²) in [5.41, 5.74) is 0. The van der Waals surface area contributed by atoms with E-state index in [1.807, 2.05) is 6.92 Å². The number of hydrogen-bond donors (Lipinski definition) is 1. The Hall–Kier alpha value is -1.16. The number of amides is 1. The van der Waals surface area contributed by atoms with Gasteiger partial charge in [-0.2, -0.15) is 0 Å². The number of aliphatic hydroxyl groups excluding tert-OH is 1. The van der Waals surface area contributed by atoms with Gasteiger partial charge in [0.2, 0.25) is 5.91 Å². The molecule has 1 aliphatic carbocycles. The lowest BCUT2D eigenvalue weighted by Gasteiger charge is -2.31. The maximum absolute atomic E-state index is 11.6. The second kappa shape index (κ2) is 5.65. The highest BCUT2D eigenvalue weighted by Gasteiger charge is 2.30. The van der Waals surface area contributed by atoms with E-state index in [9.17, 15) is 14.7 Å². The fourth-order valence-corrected chi connectivity index (χ4v) is 2.93. The monoisotopic (exact) mass is 251 g/mol. The lowest BCUT2D eigenvalue weighted by molar-refractivity contribution is -0.132. The van der Waals surface area contributed by atoms with Crippen LogP contribution in [0.25, 0.3) is 0 Å². The average Bonchev–Trinajstić information content (AvgIpc) is 2.70. The van der Waals surface area contributed by atoms with Gasteiger partial charge >= 0.3 is 0 Å². The Bertz CT molecular complexity index is 356. The van der Waals surface area contributed by atoms with Crippen molar-refractivity contribution in [2.45, 2.75) is 45.3 Å². The normalized spacial score (nSPS) is 32.0. The van der Waals surface area contributed by atoms with E-state index in [1.54, 1.807) is 0 Å². The predicted octanol–water partition coefficient (Wildman–Crippen LogP) is 1.49. The van der Waals surface area contributed by atoms with E-state index in [0.717, 1.165) is 25.7 Å². The number of carbonyl (C=O) groups is 2. The maximum Gasteiger partial charge on any atom is 0.248 e. The predicted molar refractivity (Wildman–Crippen MR) is 67.6 cm³/mol. The van der Waals surface area contributed by atoms with Gasteiger partial charge in [0.15, 0.2) is 0 Å². The SMILES string of the molecule is CCC(=O)C1CCC(CN2C(=O)C=CC2O)CC1. The molecule has 0 aromatic heterocycles. The zero-order valence-electron chi connectivity index (χ0n) is 10.8. The maximum atomic E-state index is 11.6. The van der Waals surface area contributed by atoms with Crippen LogP contribution in [0.15, 0.2) is 12.2 Å². The van der Waals surface area contributed by atoms with Gasteiger partial charge in [-0.15, -0.1) is 0 Å². The molecule has 1 N–H and O–H groups in total. The molecule has 1 fully saturated rings. The molecule has 2 rings (SSSR count). The number of rotatable bonds is 4. The Morgan fingerprint density at radius 1 is 1.39 bits per heavy atom. The van der Waals surface area contributed by atoms with E-state index in [-0.39, 0.29) is 11.8 Å². The molecule has 4 nitrogen and oxygen atoms in total. The molecule has 18 heavy (non-hydrogen) atoms. The quantitative estimate of drug-likeness (QED) is 0.823. The van der Waals surface area contributed by atoms with Gasteiger partial charge in [0.1, 0.15) is 12.0 Å². The first-order chi connectivity index (χ1) is 8.61. The molecule has 4 heteroatoms. The summed E-state index contributed by atoms with van der Waals surface area (Å²) in [6, 6.07) is 0. The molecular formula is C14H21NO3. The van der Waals surface area contributed by atoms with E-state index < -0.39 is 6.23 Å². The van der Waals surface area contributed by atoms with Crippen LogP contribution in [0.2, 0.25) is 0 Å². The number of Topliss-reactive ketones (excluding diaryl/α,β-unsaturated/α-hetero) is 1. The van der Waals surface area contributed by atoms with Crippen molar-refractivity contribution in [3.8, 4) is 0 Å². The molecule has 0 spiro atoms. The molecule has 1 aliphatic heterocycles. The van der Waals surface area contributed by atoms with Crippen molar-refractivity contribution < 1.29 is 14.7 Å². The summed E-state index contributed by atoms with van der Waals surface area (Å²) in [5.74, 6) is 0.912. The molecule has 0 aromatic rings. The fraction of sp³-hybridized carbons (Fsp3) is 0.714. The highest BCUT2D eigenvalue weighted by Crippen LogP contribution is 2.31. The molecule has 1 unspecified atom stereocenters. The standard InChI is InChI=1S/C14H21NO3/c1-2-12(16)11-5-3-10(4-6-11)9-15-13(17)7-8-14(15)18/h7-8,10-11,13,17H,2-6,9H2,1H3. The third kappa shape index (κ3) is 2.80. The minimum Gasteiger partial charge on any atom is -0.370 e. The van der Waals surface area contributed by atoms with Gasteiger partial charge in [0, 0.05) is 25.0 Å². The first-order valence-corrected chi connectivity index (χ1v) is 6.81. The highest BCUT2D eigenvalue weighted by atomic mass is 16.3. The molecule has 1 saturated carbocycles. The number of hydrogen-bond acceptors (Lipinski definition) is 3. The summed E-state index contributed by atoms with van der Waals surface area (Å²) in [6.07, 6.45) is 6.65. The average molecular weight is 251 g/mol. The molecular weight excluding hydrogens is 230 g/mol. The minimum absolute atomic E-state index is 0.103. The summed E-state index contributed by atoms with van der Waals surface area (Å²) in [6.45, 7) is 2.53. The lowest BCUT2D eigenvalue weighted by atomic mass is 9.79. The van der Waals surface area contributed by atoms with E-state index in [1.165, 1.54) is 17.1 Å². The molecule has 1 heterocycles. The van der Waals surface area contributed by atoms with Crippen LogP contribution >= 0.6 is 0 Å². The van der Waals surface area contributed by atoms with Crippen molar-refractivity contribution in [2.24, 2.45) is 11.8 Å². The van der Waals surface area contributed by atoms with Gasteiger partial charge < -0.3 is 10.0 Å². The molecule has 1 atom stereocenters. The summed E-state index contributed by atoms with van der Waals surface area (Å²) in [5, 5.41) is 9.63. The number of carbonyl (C=O) groups excluding carboxylic acids is 2. The van der Waals surface area contributed by atoms with Gasteiger partial charge in [0.05, 0.1) is 0 Å². The van der Waals surface area contributed by atoms with E-state index in [0.29, 0.717) is 24.7 Å². The van der Waals surface area contributed by atoms with Crippen LogP contribution in [-0.4, -0.2) is 34.5 Å². The third-order valence-corrected chi connectivity index (χ3v) is 4.12. The van der Waals surface area contributed by atoms with Crippen molar-refractivity contribution in [3.05, 3.63) is 12.2 Å². The number of nitrogens with zero attached hydrogens (tertiary/aromatic N) is 1. The molecule has 0 saturated heterocycles. The summed E-state index contributed by atoms with van der Waals surface area (Å²) < 4.78 is 0. The number of ketones is 1. The Morgan fingerprint density at radius 3 is 2.56 bits per heavy atom. The molecule has 1 amide bonds. The van der Waals surface area contributed by atoms with E-state index >= 15 is 0 Å². The van der Waals surface area contributed by atoms with Crippen molar-refractivity contribution >= 4 is 11.7 Å². The van der Waals surface area contributed by atoms with Gasteiger partial charge in [0.25, 0.3) is 0 Å². The molecule has 0 bridgehead atoms. The van der Waals surface area contributed by atoms with Crippen LogP contribution in [0.1, 0.15) is 39.0 Å². The van der Waals surface area contributed by atoms with Gasteiger partial charge in [-0.1, -0.05) is 6.92 Å². The van der Waals surface area contributed by atoms with Crippen molar-refractivity contribution in [2.75, 3.05) is 6.54 Å². The van der Waals surface area contributed by atoms with E-state index in [2.05, 4.69) is 0 Å². The van der Waals surface area contributed by atoms with E-state index in [4.69, 9.17) is 0 Å². The van der Waals surface area contributed by atoms with Crippen molar-refractivity contribution in [3.63, 3.8) is 0 Å². The smallest absolute Gasteiger partial charge is 0.248 e. The van der Waals surface area contributed by atoms with Crippen molar-refractivity contribution in [1.29, 1.82) is 0 Å². The molecule has 0 radical (unpaired) electrons. The Morgan fingerprint density at radius 2 is 2.06 bits per heavy atom. The second-order valence-electron chi connectivity index (χ2n) is 5.30. The Labute approximate surface area is 108 Å². The van der Waals surface area contributed by atoms with Crippen LogP contribution in [0, 0.1) is 11.8 Å². The number of aliphatic hydroxyl groups is 1. The molecule has 100 valence electrons. The largest absolute Gasteiger partial charge is 0.370 e. The van der Waals surface area contributed by atoms with Crippen LogP contribution in [0.5, 0.6) is 0 Å². The van der Waals surface area contributed by atoms with Crippen molar-refractivity contribution in [1.82, 2.24) is 4.90 Å². The van der Waals surface area contributed by atoms with Gasteiger partial charge in [-0.25, -0.2) is 0 Å². The zero-order valence-corrected chi connectivity index (χ0v) is 10.8. The lowest BCUT2D eigenvalue weighted by Crippen LogP contribution is -2.39. The van der Waals surface area contributed by atoms with Crippen LogP contribution in [0.4, 0.5) is 0 Å². The summed E-state index contributed by atoms with van der Waals surface area (Å²) >= 11 is 0. The molecule has 2 aliphatic rings. The van der Waals surface area contributed by atoms with Gasteiger partial charge in [-0.3, -0.25) is 9.59 Å². The van der Waals surface area contributed by atoms with Gasteiger partial charge in [-0.05, 0) is 37.7 Å². The summed E-state index contributed by atoms with van der Waals surface area (Å²) in [4.78, 5) is 24.6. The minimum atomic E-state index is -0.757. The van der Waals surface area contributed by atoms with Crippen LogP contribution < -0.4 is 0 Å². The van der Waals surface area contributed by atoms with Crippen LogP contribution in [-0.2, 0) is 9.59 Å². The molecule has 0 aromatic carbocycles. The Balaban J connectivity index is 1.80. The summed E-state index contributed by atoms with van der Waals surface area (Å²) in [7, 11) is 0. The fourth-order valence-electron chi connectivity index (χ4n) is 2.93. The first kappa shape index (κ1) is 13.3. The zero-order chi connectivity index (χ0) is 13.1. The second-order valence-corrected chi connectivity index (χ2v) is 5.30. The third-order valence-electron chi connectivity index (χ3n) is 4.12. The van der Waals surface area contributed by atoms with Crippen LogP contribution in [0.3, 0.4) is 0 Å². The Kier molecular flexibility index (Phi) is 4.17. The highest BCUT2D eigenvalue weighted by molar-refractivity contribution is 5.90.